The largest absolute Gasteiger partial charge is 0.481 e. The Bertz CT molecular complexity index is 1450. The van der Waals surface area contributed by atoms with E-state index in [2.05, 4.69) is 31.6 Å². The number of carboxylic acids is 1. The number of benzene rings is 2. The first kappa shape index (κ1) is 27.5. The lowest BCUT2D eigenvalue weighted by Gasteiger charge is -2.36. The van der Waals surface area contributed by atoms with Crippen LogP contribution in [-0.4, -0.2) is 82.9 Å². The van der Waals surface area contributed by atoms with E-state index < -0.39 is 42.8 Å². The molecule has 2 atom stereocenters. The van der Waals surface area contributed by atoms with Gasteiger partial charge in [0.15, 0.2) is 5.78 Å². The minimum atomic E-state index is -1.49. The Morgan fingerprint density at radius 1 is 1.10 bits per heavy atom. The minimum Gasteiger partial charge on any atom is -0.481 e. The average Bonchev–Trinajstić information content (AvgIpc) is 3.53. The molecule has 0 saturated carbocycles. The summed E-state index contributed by atoms with van der Waals surface area (Å²) in [6.07, 6.45) is -0.482. The van der Waals surface area contributed by atoms with Crippen LogP contribution in [0.5, 0.6) is 0 Å². The Labute approximate surface area is 234 Å². The molecule has 3 heterocycles. The molecule has 2 aliphatic heterocycles. The highest BCUT2D eigenvalue weighted by Gasteiger charge is 2.37. The maximum Gasteiger partial charge on any atom is 0.305 e. The van der Waals surface area contributed by atoms with Gasteiger partial charge in [-0.3, -0.25) is 19.2 Å². The van der Waals surface area contributed by atoms with Crippen LogP contribution in [0.2, 0.25) is 0 Å². The topological polar surface area (TPSA) is 123 Å². The van der Waals surface area contributed by atoms with Crippen LogP contribution in [0.15, 0.2) is 42.5 Å². The lowest BCUT2D eigenvalue weighted by atomic mass is 10.1. The number of alkyl halides is 1. The van der Waals surface area contributed by atoms with Crippen molar-refractivity contribution in [3.8, 4) is 0 Å². The first-order chi connectivity index (χ1) is 19.3. The fourth-order valence-corrected chi connectivity index (χ4v) is 6.18. The van der Waals surface area contributed by atoms with Crippen LogP contribution in [0.25, 0.3) is 10.1 Å². The summed E-state index contributed by atoms with van der Waals surface area (Å²) in [5, 5.41) is 12.6. The Kier molecular flexibility index (Phi) is 7.97. The first-order valence-electron chi connectivity index (χ1n) is 13.2. The highest BCUT2D eigenvalue weighted by molar-refractivity contribution is 7.13. The standard InChI is InChI=1S/C28H30FN5O5S/c1-2-22(27(38)30-21(14-25(36)37)23(35)15-29)34-16-17-13-18(7-8-19(17)28(34)39)32-9-11-33(12-10-32)26-20-5-3-4-6-24(20)40-31-26/h3-8,13,21-22H,2,9-12,14-16H2,1H3,(H,30,38)(H,36,37)/t21?,22-/m0/s1. The van der Waals surface area contributed by atoms with Gasteiger partial charge in [-0.25, -0.2) is 4.39 Å². The molecule has 10 nitrogen and oxygen atoms in total. The fourth-order valence-electron chi connectivity index (χ4n) is 5.38. The zero-order chi connectivity index (χ0) is 28.4. The van der Waals surface area contributed by atoms with Gasteiger partial charge < -0.3 is 25.1 Å². The van der Waals surface area contributed by atoms with Crippen LogP contribution in [0.4, 0.5) is 15.9 Å². The van der Waals surface area contributed by atoms with Gasteiger partial charge in [-0.2, -0.15) is 4.37 Å². The van der Waals surface area contributed by atoms with E-state index in [1.54, 1.807) is 13.0 Å². The van der Waals surface area contributed by atoms with Crippen molar-refractivity contribution >= 4 is 56.7 Å². The van der Waals surface area contributed by atoms with Crippen molar-refractivity contribution in [3.63, 3.8) is 0 Å². The Hall–Kier alpha value is -4.06. The summed E-state index contributed by atoms with van der Waals surface area (Å²) >= 11 is 1.50. The second-order valence-corrected chi connectivity index (χ2v) is 10.7. The number of ketones is 1. The van der Waals surface area contributed by atoms with Gasteiger partial charge >= 0.3 is 5.97 Å². The van der Waals surface area contributed by atoms with Crippen molar-refractivity contribution in [2.24, 2.45) is 0 Å². The molecule has 40 heavy (non-hydrogen) atoms. The van der Waals surface area contributed by atoms with Crippen LogP contribution in [0, 0.1) is 0 Å². The first-order valence-corrected chi connectivity index (χ1v) is 14.0. The van der Waals surface area contributed by atoms with Gasteiger partial charge in [-0.15, -0.1) is 0 Å². The lowest BCUT2D eigenvalue weighted by Crippen LogP contribution is -2.52. The third kappa shape index (κ3) is 5.35. The average molecular weight is 568 g/mol. The van der Waals surface area contributed by atoms with E-state index in [1.807, 2.05) is 24.3 Å². The second kappa shape index (κ2) is 11.6. The number of piperazine rings is 1. The van der Waals surface area contributed by atoms with E-state index in [9.17, 15) is 23.6 Å². The monoisotopic (exact) mass is 567 g/mol. The van der Waals surface area contributed by atoms with Gasteiger partial charge in [0, 0.05) is 49.4 Å². The number of carboxylic acid groups (broad SMARTS) is 1. The molecule has 1 aromatic heterocycles. The third-order valence-corrected chi connectivity index (χ3v) is 8.32. The van der Waals surface area contributed by atoms with Crippen molar-refractivity contribution in [2.45, 2.75) is 38.4 Å². The van der Waals surface area contributed by atoms with E-state index in [0.717, 1.165) is 48.6 Å². The molecular weight excluding hydrogens is 537 g/mol. The smallest absolute Gasteiger partial charge is 0.305 e. The van der Waals surface area contributed by atoms with Crippen molar-refractivity contribution in [2.75, 3.05) is 42.7 Å². The number of rotatable bonds is 10. The number of carbonyl (C=O) groups excluding carboxylic acids is 3. The van der Waals surface area contributed by atoms with Gasteiger partial charge in [0.25, 0.3) is 5.91 Å². The molecule has 0 bridgehead atoms. The molecular formula is C28H30FN5O5S. The Morgan fingerprint density at radius 2 is 1.82 bits per heavy atom. The van der Waals surface area contributed by atoms with Crippen molar-refractivity contribution in [3.05, 3.63) is 53.6 Å². The van der Waals surface area contributed by atoms with E-state index in [-0.39, 0.29) is 18.9 Å². The molecule has 12 heteroatoms. The fraction of sp³-hybridized carbons (Fsp3) is 0.393. The second-order valence-electron chi connectivity index (χ2n) is 9.93. The number of carbonyl (C=O) groups is 4. The van der Waals surface area contributed by atoms with Gasteiger partial charge in [-0.1, -0.05) is 19.1 Å². The SMILES string of the molecule is CC[C@@H](C(=O)NC(CC(=O)O)C(=O)CF)N1Cc2cc(N3CCN(c4nsc5ccccc45)CC3)ccc2C1=O. The number of aromatic nitrogens is 1. The van der Waals surface area contributed by atoms with E-state index in [4.69, 9.17) is 5.11 Å². The number of aliphatic carboxylic acids is 1. The van der Waals surface area contributed by atoms with Crippen molar-refractivity contribution in [1.29, 1.82) is 0 Å². The lowest BCUT2D eigenvalue weighted by molar-refractivity contribution is -0.140. The molecule has 0 radical (unpaired) electrons. The summed E-state index contributed by atoms with van der Waals surface area (Å²) < 4.78 is 18.8. The van der Waals surface area contributed by atoms with E-state index in [1.165, 1.54) is 21.1 Å². The number of anilines is 2. The van der Waals surface area contributed by atoms with E-state index in [0.29, 0.717) is 5.56 Å². The predicted octanol–water partition coefficient (Wildman–Crippen LogP) is 2.86. The van der Waals surface area contributed by atoms with Crippen LogP contribution in [0.1, 0.15) is 35.7 Å². The maximum absolute atomic E-state index is 13.2. The molecule has 0 spiro atoms. The molecule has 1 saturated heterocycles. The molecule has 2 N–H and O–H groups in total. The van der Waals surface area contributed by atoms with Crippen LogP contribution >= 0.6 is 11.5 Å². The zero-order valence-corrected chi connectivity index (χ0v) is 22.8. The quantitative estimate of drug-likeness (QED) is 0.384. The van der Waals surface area contributed by atoms with Gasteiger partial charge in [0.1, 0.15) is 24.6 Å². The van der Waals surface area contributed by atoms with Crippen LogP contribution in [0.3, 0.4) is 0 Å². The molecule has 2 amide bonds. The third-order valence-electron chi connectivity index (χ3n) is 7.50. The maximum atomic E-state index is 13.2. The number of nitrogens with zero attached hydrogens (tertiary/aromatic N) is 4. The van der Waals surface area contributed by atoms with Crippen molar-refractivity contribution in [1.82, 2.24) is 14.6 Å². The Morgan fingerprint density at radius 3 is 2.52 bits per heavy atom. The number of hydrogen-bond donors (Lipinski definition) is 2. The number of amides is 2. The summed E-state index contributed by atoms with van der Waals surface area (Å²) in [6.45, 7) is 3.73. The molecule has 1 fully saturated rings. The number of fused-ring (bicyclic) bond motifs is 2. The molecule has 210 valence electrons. The highest BCUT2D eigenvalue weighted by atomic mass is 32.1. The summed E-state index contributed by atoms with van der Waals surface area (Å²) in [4.78, 5) is 55.2. The number of hydrogen-bond acceptors (Lipinski definition) is 8. The molecule has 0 aliphatic carbocycles. The molecule has 5 rings (SSSR count). The number of halogens is 1. The number of Topliss-reactive ketones (excluding diaryl/α,β-unsaturated/α-hetero) is 1. The molecule has 2 aliphatic rings. The predicted molar refractivity (Wildman–Crippen MR) is 150 cm³/mol. The molecule has 2 aromatic carbocycles. The summed E-state index contributed by atoms with van der Waals surface area (Å²) in [6, 6.07) is 11.5. The van der Waals surface area contributed by atoms with Gasteiger partial charge in [0.2, 0.25) is 5.91 Å². The molecule has 1 unspecified atom stereocenters. The summed E-state index contributed by atoms with van der Waals surface area (Å²) in [7, 11) is 0. The van der Waals surface area contributed by atoms with Crippen LogP contribution < -0.4 is 15.1 Å². The van der Waals surface area contributed by atoms with E-state index >= 15 is 0 Å². The Balaban J connectivity index is 1.25. The van der Waals surface area contributed by atoms with Crippen molar-refractivity contribution < 1.29 is 28.7 Å². The zero-order valence-electron chi connectivity index (χ0n) is 22.0. The summed E-state index contributed by atoms with van der Waals surface area (Å²) in [5.41, 5.74) is 2.29. The van der Waals surface area contributed by atoms with Gasteiger partial charge in [-0.05, 0) is 53.8 Å². The van der Waals surface area contributed by atoms with Gasteiger partial charge in [0.05, 0.1) is 11.1 Å². The molecule has 3 aromatic rings. The normalized spacial score (nSPS) is 16.6. The number of nitrogens with one attached hydrogen (secondary N) is 1. The summed E-state index contributed by atoms with van der Waals surface area (Å²) in [5.74, 6) is -2.33. The minimum absolute atomic E-state index is 0.208. The highest BCUT2D eigenvalue weighted by Crippen LogP contribution is 2.32. The van der Waals surface area contributed by atoms with Crippen LogP contribution in [-0.2, 0) is 20.9 Å².